The van der Waals surface area contributed by atoms with Gasteiger partial charge in [-0.3, -0.25) is 0 Å². The summed E-state index contributed by atoms with van der Waals surface area (Å²) >= 11 is 0. The number of nitrogens with zero attached hydrogens (tertiary/aromatic N) is 2. The molecule has 5 heteroatoms. The first-order valence-corrected chi connectivity index (χ1v) is 6.53. The molecule has 2 rings (SSSR count). The molecular formula is C14H20N4O. The molecule has 2 unspecified atom stereocenters. The minimum absolute atomic E-state index is 0.236. The van der Waals surface area contributed by atoms with Crippen LogP contribution in [0.4, 0.5) is 0 Å². The number of H-pyrrole nitrogens is 1. The van der Waals surface area contributed by atoms with Gasteiger partial charge in [-0.05, 0) is 20.3 Å². The summed E-state index contributed by atoms with van der Waals surface area (Å²) in [5.74, 6) is 0. The Morgan fingerprint density at radius 2 is 1.95 bits per heavy atom. The van der Waals surface area contributed by atoms with Gasteiger partial charge in [-0.25, -0.2) is 0 Å². The molecule has 0 bridgehead atoms. The predicted molar refractivity (Wildman–Crippen MR) is 74.4 cm³/mol. The van der Waals surface area contributed by atoms with Gasteiger partial charge in [-0.2, -0.15) is 15.4 Å². The van der Waals surface area contributed by atoms with E-state index in [1.54, 1.807) is 6.92 Å². The summed E-state index contributed by atoms with van der Waals surface area (Å²) in [4.78, 5) is 0. The highest BCUT2D eigenvalue weighted by Crippen LogP contribution is 2.18. The quantitative estimate of drug-likeness (QED) is 0.739. The molecule has 0 aliphatic rings. The van der Waals surface area contributed by atoms with Crippen LogP contribution in [-0.4, -0.2) is 32.7 Å². The molecule has 0 amide bonds. The highest BCUT2D eigenvalue weighted by molar-refractivity contribution is 5.60. The molecule has 0 radical (unpaired) electrons. The summed E-state index contributed by atoms with van der Waals surface area (Å²) in [6, 6.07) is 10.2. The number of hydrogen-bond acceptors (Lipinski definition) is 4. The van der Waals surface area contributed by atoms with Gasteiger partial charge in [0.25, 0.3) is 0 Å². The third kappa shape index (κ3) is 3.87. The third-order valence-electron chi connectivity index (χ3n) is 2.98. The third-order valence-corrected chi connectivity index (χ3v) is 2.98. The number of aliphatic hydroxyl groups is 1. The number of hydrogen-bond donors (Lipinski definition) is 3. The van der Waals surface area contributed by atoms with Crippen molar-refractivity contribution in [3.8, 4) is 11.3 Å². The van der Waals surface area contributed by atoms with Crippen molar-refractivity contribution in [2.24, 2.45) is 0 Å². The van der Waals surface area contributed by atoms with Gasteiger partial charge in [0.15, 0.2) is 0 Å². The molecule has 3 N–H and O–H groups in total. The predicted octanol–water partition coefficient (Wildman–Crippen LogP) is 1.72. The number of aliphatic hydroxyl groups excluding tert-OH is 1. The van der Waals surface area contributed by atoms with Crippen LogP contribution in [0.5, 0.6) is 0 Å². The Kier molecular flexibility index (Phi) is 4.65. The number of benzene rings is 1. The summed E-state index contributed by atoms with van der Waals surface area (Å²) in [7, 11) is 0. The second kappa shape index (κ2) is 6.45. The minimum atomic E-state index is -0.298. The molecule has 0 fully saturated rings. The number of rotatable bonds is 6. The molecule has 0 aliphatic carbocycles. The van der Waals surface area contributed by atoms with E-state index >= 15 is 0 Å². The van der Waals surface area contributed by atoms with E-state index in [4.69, 9.17) is 0 Å². The number of aromatic amines is 1. The molecule has 0 saturated heterocycles. The second-order valence-corrected chi connectivity index (χ2v) is 4.85. The fourth-order valence-electron chi connectivity index (χ4n) is 2.07. The first kappa shape index (κ1) is 13.7. The average molecular weight is 260 g/mol. The SMILES string of the molecule is CC(O)CC(C)NCc1n[nH]nc1-c1ccccc1. The highest BCUT2D eigenvalue weighted by Gasteiger charge is 2.11. The van der Waals surface area contributed by atoms with E-state index in [1.807, 2.05) is 30.3 Å². The van der Waals surface area contributed by atoms with Gasteiger partial charge >= 0.3 is 0 Å². The van der Waals surface area contributed by atoms with Crippen molar-refractivity contribution in [2.75, 3.05) is 0 Å². The molecule has 0 spiro atoms. The molecule has 1 aromatic carbocycles. The molecule has 0 aliphatic heterocycles. The van der Waals surface area contributed by atoms with Crippen LogP contribution >= 0.6 is 0 Å². The molecule has 1 heterocycles. The Hall–Kier alpha value is -1.72. The van der Waals surface area contributed by atoms with Crippen molar-refractivity contribution in [1.82, 2.24) is 20.7 Å². The normalized spacial score (nSPS) is 14.3. The number of nitrogens with one attached hydrogen (secondary N) is 2. The van der Waals surface area contributed by atoms with E-state index in [-0.39, 0.29) is 12.1 Å². The molecule has 5 nitrogen and oxygen atoms in total. The monoisotopic (exact) mass is 260 g/mol. The van der Waals surface area contributed by atoms with Gasteiger partial charge in [0, 0.05) is 18.2 Å². The van der Waals surface area contributed by atoms with Crippen molar-refractivity contribution < 1.29 is 5.11 Å². The first-order chi connectivity index (χ1) is 9.16. The smallest absolute Gasteiger partial charge is 0.117 e. The van der Waals surface area contributed by atoms with Gasteiger partial charge in [-0.15, -0.1) is 0 Å². The van der Waals surface area contributed by atoms with Crippen molar-refractivity contribution in [2.45, 2.75) is 39.0 Å². The van der Waals surface area contributed by atoms with Crippen LogP contribution in [0, 0.1) is 0 Å². The molecule has 0 saturated carbocycles. The van der Waals surface area contributed by atoms with Crippen LogP contribution in [0.3, 0.4) is 0 Å². The largest absolute Gasteiger partial charge is 0.393 e. The van der Waals surface area contributed by atoms with E-state index in [1.165, 1.54) is 0 Å². The minimum Gasteiger partial charge on any atom is -0.393 e. The van der Waals surface area contributed by atoms with Crippen LogP contribution in [0.25, 0.3) is 11.3 Å². The maximum Gasteiger partial charge on any atom is 0.117 e. The molecule has 2 atom stereocenters. The molecule has 1 aromatic heterocycles. The highest BCUT2D eigenvalue weighted by atomic mass is 16.3. The van der Waals surface area contributed by atoms with Crippen molar-refractivity contribution in [3.05, 3.63) is 36.0 Å². The molecule has 2 aromatic rings. The topological polar surface area (TPSA) is 73.8 Å². The lowest BCUT2D eigenvalue weighted by atomic mass is 10.1. The molecule has 19 heavy (non-hydrogen) atoms. The fourth-order valence-corrected chi connectivity index (χ4v) is 2.07. The average Bonchev–Trinajstić information content (AvgIpc) is 2.85. The Morgan fingerprint density at radius 1 is 1.21 bits per heavy atom. The zero-order valence-corrected chi connectivity index (χ0v) is 11.3. The van der Waals surface area contributed by atoms with Crippen LogP contribution in [0.15, 0.2) is 30.3 Å². The van der Waals surface area contributed by atoms with E-state index in [9.17, 15) is 5.11 Å². The Labute approximate surface area is 113 Å². The van der Waals surface area contributed by atoms with Crippen LogP contribution in [-0.2, 0) is 6.54 Å². The van der Waals surface area contributed by atoms with Gasteiger partial charge in [0.1, 0.15) is 11.4 Å². The summed E-state index contributed by atoms with van der Waals surface area (Å²) in [5, 5.41) is 23.7. The van der Waals surface area contributed by atoms with Crippen LogP contribution in [0.2, 0.25) is 0 Å². The standard InChI is InChI=1S/C14H20N4O/c1-10(8-11(2)19)15-9-13-14(17-18-16-13)12-6-4-3-5-7-12/h3-7,10-11,15,19H,8-9H2,1-2H3,(H,16,17,18). The lowest BCUT2D eigenvalue weighted by Crippen LogP contribution is -2.29. The fraction of sp³-hybridized carbons (Fsp3) is 0.429. The van der Waals surface area contributed by atoms with E-state index in [2.05, 4.69) is 27.7 Å². The summed E-state index contributed by atoms with van der Waals surface area (Å²) in [5.41, 5.74) is 2.82. The van der Waals surface area contributed by atoms with Crippen LogP contribution in [0.1, 0.15) is 26.0 Å². The Morgan fingerprint density at radius 3 is 2.63 bits per heavy atom. The van der Waals surface area contributed by atoms with E-state index < -0.39 is 0 Å². The number of aromatic nitrogens is 3. The molecular weight excluding hydrogens is 240 g/mol. The van der Waals surface area contributed by atoms with Crippen LogP contribution < -0.4 is 5.32 Å². The first-order valence-electron chi connectivity index (χ1n) is 6.53. The summed E-state index contributed by atoms with van der Waals surface area (Å²) < 4.78 is 0. The zero-order chi connectivity index (χ0) is 13.7. The zero-order valence-electron chi connectivity index (χ0n) is 11.3. The maximum absolute atomic E-state index is 9.34. The van der Waals surface area contributed by atoms with Gasteiger partial charge < -0.3 is 10.4 Å². The van der Waals surface area contributed by atoms with Gasteiger partial charge in [0.2, 0.25) is 0 Å². The van der Waals surface area contributed by atoms with Gasteiger partial charge in [0.05, 0.1) is 6.10 Å². The second-order valence-electron chi connectivity index (χ2n) is 4.85. The van der Waals surface area contributed by atoms with Gasteiger partial charge in [-0.1, -0.05) is 30.3 Å². The molecule has 102 valence electrons. The summed E-state index contributed by atoms with van der Waals surface area (Å²) in [6.45, 7) is 4.48. The van der Waals surface area contributed by atoms with Crippen molar-refractivity contribution >= 4 is 0 Å². The van der Waals surface area contributed by atoms with E-state index in [0.717, 1.165) is 23.4 Å². The van der Waals surface area contributed by atoms with E-state index in [0.29, 0.717) is 6.54 Å². The summed E-state index contributed by atoms with van der Waals surface area (Å²) in [6.07, 6.45) is 0.423. The van der Waals surface area contributed by atoms with Crippen molar-refractivity contribution in [3.63, 3.8) is 0 Å². The lowest BCUT2D eigenvalue weighted by molar-refractivity contribution is 0.170. The van der Waals surface area contributed by atoms with Crippen molar-refractivity contribution in [1.29, 1.82) is 0 Å². The maximum atomic E-state index is 9.34. The Bertz CT molecular complexity index is 495. The Balaban J connectivity index is 2.01. The lowest BCUT2D eigenvalue weighted by Gasteiger charge is -2.14.